The first-order chi connectivity index (χ1) is 8.81. The molecule has 100 valence electrons. The van der Waals surface area contributed by atoms with E-state index in [0.717, 1.165) is 56.8 Å². The van der Waals surface area contributed by atoms with Crippen LogP contribution in [0, 0.1) is 5.82 Å². The largest absolute Gasteiger partial charge is 0.378 e. The van der Waals surface area contributed by atoms with E-state index >= 15 is 0 Å². The second-order valence-corrected chi connectivity index (χ2v) is 4.62. The van der Waals surface area contributed by atoms with Gasteiger partial charge in [-0.3, -0.25) is 0 Å². The van der Waals surface area contributed by atoms with Gasteiger partial charge in [0.15, 0.2) is 0 Å². The zero-order valence-electron chi connectivity index (χ0n) is 10.7. The molecule has 0 saturated carbocycles. The van der Waals surface area contributed by atoms with Crippen LogP contribution in [0.15, 0.2) is 18.2 Å². The molecule has 0 aliphatic carbocycles. The molecule has 0 bridgehead atoms. The standard InChI is InChI=1S/C14H21FN2O/c15-13-4-5-14(17-7-9-18-10-8-17)12(11-13)3-1-2-6-16/h4-5,11H,1-3,6-10,16H2. The smallest absolute Gasteiger partial charge is 0.123 e. The summed E-state index contributed by atoms with van der Waals surface area (Å²) in [5.41, 5.74) is 7.74. The minimum atomic E-state index is -0.158. The topological polar surface area (TPSA) is 38.5 Å². The molecule has 2 rings (SSSR count). The third kappa shape index (κ3) is 3.43. The molecule has 1 aliphatic rings. The molecule has 1 fully saturated rings. The average Bonchev–Trinajstić information content (AvgIpc) is 2.40. The fourth-order valence-corrected chi connectivity index (χ4v) is 2.33. The summed E-state index contributed by atoms with van der Waals surface area (Å²) in [6, 6.07) is 5.08. The Kier molecular flexibility index (Phi) is 4.96. The summed E-state index contributed by atoms with van der Waals surface area (Å²) in [6.07, 6.45) is 2.89. The molecule has 1 aliphatic heterocycles. The number of unbranched alkanes of at least 4 members (excludes halogenated alkanes) is 1. The number of anilines is 1. The number of hydrogen-bond donors (Lipinski definition) is 1. The lowest BCUT2D eigenvalue weighted by atomic mass is 10.0. The molecular formula is C14H21FN2O. The minimum absolute atomic E-state index is 0.158. The van der Waals surface area contributed by atoms with Gasteiger partial charge in [-0.25, -0.2) is 4.39 Å². The van der Waals surface area contributed by atoms with Gasteiger partial charge in [0.2, 0.25) is 0 Å². The molecule has 0 unspecified atom stereocenters. The highest BCUT2D eigenvalue weighted by Crippen LogP contribution is 2.24. The van der Waals surface area contributed by atoms with Gasteiger partial charge in [-0.05, 0) is 49.6 Å². The maximum atomic E-state index is 13.4. The van der Waals surface area contributed by atoms with Crippen LogP contribution < -0.4 is 10.6 Å². The van der Waals surface area contributed by atoms with E-state index in [9.17, 15) is 4.39 Å². The van der Waals surface area contributed by atoms with Crippen molar-refractivity contribution < 1.29 is 9.13 Å². The van der Waals surface area contributed by atoms with Crippen molar-refractivity contribution in [2.75, 3.05) is 37.7 Å². The predicted molar refractivity (Wildman–Crippen MR) is 71.4 cm³/mol. The highest BCUT2D eigenvalue weighted by atomic mass is 19.1. The summed E-state index contributed by atoms with van der Waals surface area (Å²) < 4.78 is 18.7. The highest BCUT2D eigenvalue weighted by molar-refractivity contribution is 5.54. The molecule has 1 aromatic carbocycles. The number of rotatable bonds is 5. The number of ether oxygens (including phenoxy) is 1. The van der Waals surface area contributed by atoms with E-state index < -0.39 is 0 Å². The van der Waals surface area contributed by atoms with Crippen molar-refractivity contribution in [2.45, 2.75) is 19.3 Å². The Morgan fingerprint density at radius 1 is 1.22 bits per heavy atom. The summed E-state index contributed by atoms with van der Waals surface area (Å²) in [4.78, 5) is 2.28. The summed E-state index contributed by atoms with van der Waals surface area (Å²) in [6.45, 7) is 3.96. The molecule has 0 spiro atoms. The molecule has 4 heteroatoms. The number of aryl methyl sites for hydroxylation is 1. The Morgan fingerprint density at radius 2 is 2.00 bits per heavy atom. The SMILES string of the molecule is NCCCCc1cc(F)ccc1N1CCOCC1. The molecular weight excluding hydrogens is 231 g/mol. The number of morpholine rings is 1. The van der Waals surface area contributed by atoms with Crippen molar-refractivity contribution in [3.8, 4) is 0 Å². The molecule has 1 heterocycles. The lowest BCUT2D eigenvalue weighted by Gasteiger charge is -2.30. The van der Waals surface area contributed by atoms with E-state index in [0.29, 0.717) is 6.54 Å². The van der Waals surface area contributed by atoms with Gasteiger partial charge in [-0.2, -0.15) is 0 Å². The van der Waals surface area contributed by atoms with Gasteiger partial charge in [0.25, 0.3) is 0 Å². The van der Waals surface area contributed by atoms with Gasteiger partial charge in [0, 0.05) is 18.8 Å². The molecule has 3 nitrogen and oxygen atoms in total. The molecule has 1 saturated heterocycles. The van der Waals surface area contributed by atoms with E-state index in [2.05, 4.69) is 4.90 Å². The van der Waals surface area contributed by atoms with Gasteiger partial charge >= 0.3 is 0 Å². The molecule has 1 aromatic rings. The van der Waals surface area contributed by atoms with Crippen LogP contribution in [0.5, 0.6) is 0 Å². The second-order valence-electron chi connectivity index (χ2n) is 4.62. The Morgan fingerprint density at radius 3 is 2.72 bits per heavy atom. The fraction of sp³-hybridized carbons (Fsp3) is 0.571. The van der Waals surface area contributed by atoms with Crippen molar-refractivity contribution in [1.82, 2.24) is 0 Å². The van der Waals surface area contributed by atoms with Crippen molar-refractivity contribution >= 4 is 5.69 Å². The third-order valence-corrected chi connectivity index (χ3v) is 3.29. The van der Waals surface area contributed by atoms with Crippen molar-refractivity contribution in [3.05, 3.63) is 29.6 Å². The van der Waals surface area contributed by atoms with Crippen LogP contribution in [-0.2, 0) is 11.2 Å². The first-order valence-corrected chi connectivity index (χ1v) is 6.62. The number of nitrogens with two attached hydrogens (primary N) is 1. The van der Waals surface area contributed by atoms with Crippen LogP contribution in [0.3, 0.4) is 0 Å². The van der Waals surface area contributed by atoms with Crippen molar-refractivity contribution in [2.24, 2.45) is 5.73 Å². The van der Waals surface area contributed by atoms with Gasteiger partial charge in [-0.1, -0.05) is 0 Å². The first kappa shape index (κ1) is 13.3. The quantitative estimate of drug-likeness (QED) is 0.814. The molecule has 18 heavy (non-hydrogen) atoms. The molecule has 0 atom stereocenters. The van der Waals surface area contributed by atoms with E-state index in [1.165, 1.54) is 6.07 Å². The zero-order valence-corrected chi connectivity index (χ0v) is 10.7. The average molecular weight is 252 g/mol. The summed E-state index contributed by atoms with van der Waals surface area (Å²) in [7, 11) is 0. The van der Waals surface area contributed by atoms with Crippen LogP contribution in [0.25, 0.3) is 0 Å². The van der Waals surface area contributed by atoms with Crippen molar-refractivity contribution in [1.29, 1.82) is 0 Å². The van der Waals surface area contributed by atoms with E-state index in [4.69, 9.17) is 10.5 Å². The lowest BCUT2D eigenvalue weighted by Crippen LogP contribution is -2.36. The van der Waals surface area contributed by atoms with Crippen LogP contribution in [-0.4, -0.2) is 32.8 Å². The summed E-state index contributed by atoms with van der Waals surface area (Å²) in [5, 5.41) is 0. The highest BCUT2D eigenvalue weighted by Gasteiger charge is 2.14. The first-order valence-electron chi connectivity index (χ1n) is 6.62. The normalized spacial score (nSPS) is 16.0. The summed E-state index contributed by atoms with van der Waals surface area (Å²) >= 11 is 0. The Labute approximate surface area is 108 Å². The van der Waals surface area contributed by atoms with Crippen LogP contribution in [0.4, 0.5) is 10.1 Å². The Balaban J connectivity index is 2.11. The van der Waals surface area contributed by atoms with E-state index in [-0.39, 0.29) is 5.82 Å². The van der Waals surface area contributed by atoms with Crippen LogP contribution in [0.1, 0.15) is 18.4 Å². The molecule has 0 aromatic heterocycles. The van der Waals surface area contributed by atoms with Crippen LogP contribution in [0.2, 0.25) is 0 Å². The zero-order chi connectivity index (χ0) is 12.8. The fourth-order valence-electron chi connectivity index (χ4n) is 2.33. The van der Waals surface area contributed by atoms with Gasteiger partial charge in [0.05, 0.1) is 13.2 Å². The molecule has 0 amide bonds. The van der Waals surface area contributed by atoms with E-state index in [1.807, 2.05) is 6.07 Å². The minimum Gasteiger partial charge on any atom is -0.378 e. The third-order valence-electron chi connectivity index (χ3n) is 3.29. The predicted octanol–water partition coefficient (Wildman–Crippen LogP) is 1.94. The second kappa shape index (κ2) is 6.71. The summed E-state index contributed by atoms with van der Waals surface area (Å²) in [5.74, 6) is -0.158. The van der Waals surface area contributed by atoms with Crippen LogP contribution >= 0.6 is 0 Å². The monoisotopic (exact) mass is 252 g/mol. The van der Waals surface area contributed by atoms with Crippen molar-refractivity contribution in [3.63, 3.8) is 0 Å². The number of hydrogen-bond acceptors (Lipinski definition) is 3. The Hall–Kier alpha value is -1.13. The Bertz CT molecular complexity index is 378. The van der Waals surface area contributed by atoms with Gasteiger partial charge < -0.3 is 15.4 Å². The number of halogens is 1. The number of nitrogens with zero attached hydrogens (tertiary/aromatic N) is 1. The molecule has 0 radical (unpaired) electrons. The maximum absolute atomic E-state index is 13.4. The van der Waals surface area contributed by atoms with E-state index in [1.54, 1.807) is 6.07 Å². The lowest BCUT2D eigenvalue weighted by molar-refractivity contribution is 0.122. The number of benzene rings is 1. The van der Waals surface area contributed by atoms with Gasteiger partial charge in [-0.15, -0.1) is 0 Å². The maximum Gasteiger partial charge on any atom is 0.123 e. The van der Waals surface area contributed by atoms with Gasteiger partial charge in [0.1, 0.15) is 5.82 Å². The molecule has 2 N–H and O–H groups in total.